The highest BCUT2D eigenvalue weighted by Crippen LogP contribution is 2.31. The normalized spacial score (nSPS) is 18.1. The Morgan fingerprint density at radius 1 is 1.65 bits per heavy atom. The molecule has 1 amide bonds. The quantitative estimate of drug-likeness (QED) is 0.606. The highest BCUT2D eigenvalue weighted by molar-refractivity contribution is 5.78. The maximum absolute atomic E-state index is 11.2. The van der Waals surface area contributed by atoms with Crippen LogP contribution in [0.15, 0.2) is 12.1 Å². The summed E-state index contributed by atoms with van der Waals surface area (Å²) in [7, 11) is 0. The Hall–Kier alpha value is -2.38. The molecule has 1 aromatic rings. The number of pyridine rings is 1. The lowest BCUT2D eigenvalue weighted by atomic mass is 10.1. The number of nitrogens with two attached hydrogens (primary N) is 1. The van der Waals surface area contributed by atoms with Gasteiger partial charge < -0.3 is 16.0 Å². The first kappa shape index (κ1) is 14.0. The van der Waals surface area contributed by atoms with E-state index in [0.717, 1.165) is 0 Å². The molecular formula is C12H17N5O3. The SMILES string of the molecule is CCNc1ccc([N+](=O)[O-])c(N2CCC(C(N)=O)C2)n1. The minimum absolute atomic E-state index is 0.0585. The molecule has 108 valence electrons. The number of aromatic nitrogens is 1. The van der Waals surface area contributed by atoms with E-state index in [1.54, 1.807) is 11.0 Å². The van der Waals surface area contributed by atoms with Crippen LogP contribution in [0.2, 0.25) is 0 Å². The number of carbonyl (C=O) groups is 1. The van der Waals surface area contributed by atoms with Crippen molar-refractivity contribution >= 4 is 23.2 Å². The van der Waals surface area contributed by atoms with Crippen molar-refractivity contribution in [3.8, 4) is 0 Å². The Bertz CT molecular complexity index is 534. The Balaban J connectivity index is 2.30. The second-order valence-corrected chi connectivity index (χ2v) is 4.66. The largest absolute Gasteiger partial charge is 0.370 e. The fourth-order valence-corrected chi connectivity index (χ4v) is 2.28. The summed E-state index contributed by atoms with van der Waals surface area (Å²) in [5.74, 6) is 0.213. The molecule has 1 aliphatic heterocycles. The average molecular weight is 279 g/mol. The van der Waals surface area contributed by atoms with Crippen LogP contribution in [0.3, 0.4) is 0 Å². The van der Waals surface area contributed by atoms with Crippen molar-refractivity contribution in [3.63, 3.8) is 0 Å². The van der Waals surface area contributed by atoms with Gasteiger partial charge in [-0.25, -0.2) is 4.98 Å². The van der Waals surface area contributed by atoms with Crippen LogP contribution in [-0.4, -0.2) is 35.4 Å². The smallest absolute Gasteiger partial charge is 0.311 e. The van der Waals surface area contributed by atoms with Crippen LogP contribution >= 0.6 is 0 Å². The van der Waals surface area contributed by atoms with E-state index in [0.29, 0.717) is 31.9 Å². The second-order valence-electron chi connectivity index (χ2n) is 4.66. The van der Waals surface area contributed by atoms with Crippen LogP contribution in [0.25, 0.3) is 0 Å². The average Bonchev–Trinajstić information content (AvgIpc) is 2.88. The van der Waals surface area contributed by atoms with Gasteiger partial charge in [0.2, 0.25) is 11.7 Å². The van der Waals surface area contributed by atoms with Crippen LogP contribution in [0, 0.1) is 16.0 Å². The minimum Gasteiger partial charge on any atom is -0.370 e. The summed E-state index contributed by atoms with van der Waals surface area (Å²) in [4.78, 5) is 27.8. The number of hydrogen-bond acceptors (Lipinski definition) is 6. The highest BCUT2D eigenvalue weighted by atomic mass is 16.6. The zero-order chi connectivity index (χ0) is 14.7. The van der Waals surface area contributed by atoms with Gasteiger partial charge in [-0.15, -0.1) is 0 Å². The molecule has 0 radical (unpaired) electrons. The molecule has 1 saturated heterocycles. The summed E-state index contributed by atoms with van der Waals surface area (Å²) < 4.78 is 0. The van der Waals surface area contributed by atoms with Gasteiger partial charge in [-0.05, 0) is 19.4 Å². The van der Waals surface area contributed by atoms with Crippen molar-refractivity contribution in [2.45, 2.75) is 13.3 Å². The molecule has 0 bridgehead atoms. The fourth-order valence-electron chi connectivity index (χ4n) is 2.28. The van der Waals surface area contributed by atoms with E-state index in [1.165, 1.54) is 6.07 Å². The fraction of sp³-hybridized carbons (Fsp3) is 0.500. The van der Waals surface area contributed by atoms with Crippen LogP contribution in [-0.2, 0) is 4.79 Å². The number of carbonyl (C=O) groups excluding carboxylic acids is 1. The van der Waals surface area contributed by atoms with E-state index >= 15 is 0 Å². The third-order valence-corrected chi connectivity index (χ3v) is 3.30. The number of hydrogen-bond donors (Lipinski definition) is 2. The lowest BCUT2D eigenvalue weighted by Gasteiger charge is -2.17. The van der Waals surface area contributed by atoms with E-state index < -0.39 is 4.92 Å². The van der Waals surface area contributed by atoms with Gasteiger partial charge in [0.15, 0.2) is 0 Å². The standard InChI is InChI=1S/C12H17N5O3/c1-2-14-10-4-3-9(17(19)20)12(15-10)16-6-5-8(7-16)11(13)18/h3-4,8H,2,5-7H2,1H3,(H2,13,18)(H,14,15). The molecule has 8 heteroatoms. The van der Waals surface area contributed by atoms with E-state index in [-0.39, 0.29) is 23.3 Å². The number of nitro groups is 1. The molecule has 1 unspecified atom stereocenters. The summed E-state index contributed by atoms with van der Waals surface area (Å²) in [6.45, 7) is 3.51. The molecule has 2 rings (SSSR count). The topological polar surface area (TPSA) is 114 Å². The first-order chi connectivity index (χ1) is 9.52. The maximum Gasteiger partial charge on any atom is 0.311 e. The molecule has 2 heterocycles. The van der Waals surface area contributed by atoms with Crippen molar-refractivity contribution in [3.05, 3.63) is 22.2 Å². The molecule has 0 aromatic carbocycles. The zero-order valence-corrected chi connectivity index (χ0v) is 11.2. The molecule has 20 heavy (non-hydrogen) atoms. The monoisotopic (exact) mass is 279 g/mol. The van der Waals surface area contributed by atoms with Gasteiger partial charge >= 0.3 is 5.69 Å². The summed E-state index contributed by atoms with van der Waals surface area (Å²) in [6, 6.07) is 3.00. The van der Waals surface area contributed by atoms with Crippen LogP contribution in [0.4, 0.5) is 17.3 Å². The van der Waals surface area contributed by atoms with E-state index in [2.05, 4.69) is 10.3 Å². The number of nitrogens with zero attached hydrogens (tertiary/aromatic N) is 3. The van der Waals surface area contributed by atoms with Gasteiger partial charge in [-0.1, -0.05) is 0 Å². The molecule has 0 saturated carbocycles. The molecule has 1 aliphatic rings. The molecule has 1 atom stereocenters. The number of anilines is 2. The summed E-state index contributed by atoms with van der Waals surface area (Å²) in [5, 5.41) is 14.1. The van der Waals surface area contributed by atoms with E-state index in [9.17, 15) is 14.9 Å². The van der Waals surface area contributed by atoms with Crippen LogP contribution < -0.4 is 16.0 Å². The summed E-state index contributed by atoms with van der Waals surface area (Å²) >= 11 is 0. The number of rotatable bonds is 5. The van der Waals surface area contributed by atoms with Gasteiger partial charge in [0, 0.05) is 25.7 Å². The molecule has 0 spiro atoms. The minimum atomic E-state index is -0.463. The Kier molecular flexibility index (Phi) is 4.02. The van der Waals surface area contributed by atoms with Crippen molar-refractivity contribution in [2.24, 2.45) is 11.7 Å². The van der Waals surface area contributed by atoms with Gasteiger partial charge in [-0.2, -0.15) is 0 Å². The Labute approximate surface area is 116 Å². The first-order valence-corrected chi connectivity index (χ1v) is 6.46. The lowest BCUT2D eigenvalue weighted by Crippen LogP contribution is -2.28. The van der Waals surface area contributed by atoms with Gasteiger partial charge in [0.25, 0.3) is 0 Å². The Morgan fingerprint density at radius 3 is 2.95 bits per heavy atom. The predicted molar refractivity (Wildman–Crippen MR) is 74.6 cm³/mol. The molecule has 8 nitrogen and oxygen atoms in total. The first-order valence-electron chi connectivity index (χ1n) is 6.46. The third kappa shape index (κ3) is 2.79. The molecule has 1 aromatic heterocycles. The van der Waals surface area contributed by atoms with Crippen molar-refractivity contribution in [1.29, 1.82) is 0 Å². The lowest BCUT2D eigenvalue weighted by molar-refractivity contribution is -0.384. The van der Waals surface area contributed by atoms with Crippen LogP contribution in [0.1, 0.15) is 13.3 Å². The molecule has 3 N–H and O–H groups in total. The van der Waals surface area contributed by atoms with Gasteiger partial charge in [-0.3, -0.25) is 14.9 Å². The maximum atomic E-state index is 11.2. The number of amides is 1. The number of primary amides is 1. The molecule has 1 fully saturated rings. The Morgan fingerprint density at radius 2 is 2.40 bits per heavy atom. The van der Waals surface area contributed by atoms with Crippen molar-refractivity contribution in [1.82, 2.24) is 4.98 Å². The molecule has 0 aliphatic carbocycles. The summed E-state index contributed by atoms with van der Waals surface area (Å²) in [6.07, 6.45) is 0.597. The zero-order valence-electron chi connectivity index (χ0n) is 11.2. The van der Waals surface area contributed by atoms with Crippen LogP contribution in [0.5, 0.6) is 0 Å². The van der Waals surface area contributed by atoms with Gasteiger partial charge in [0.1, 0.15) is 5.82 Å². The highest BCUT2D eigenvalue weighted by Gasteiger charge is 2.31. The summed E-state index contributed by atoms with van der Waals surface area (Å²) in [5.41, 5.74) is 5.22. The third-order valence-electron chi connectivity index (χ3n) is 3.30. The van der Waals surface area contributed by atoms with E-state index in [1.807, 2.05) is 6.92 Å². The van der Waals surface area contributed by atoms with Crippen molar-refractivity contribution < 1.29 is 9.72 Å². The predicted octanol–water partition coefficient (Wildman–Crippen LogP) is 0.733. The number of nitrogens with one attached hydrogen (secondary N) is 1. The van der Waals surface area contributed by atoms with E-state index in [4.69, 9.17) is 5.73 Å². The van der Waals surface area contributed by atoms with Gasteiger partial charge in [0.05, 0.1) is 10.8 Å². The van der Waals surface area contributed by atoms with Crippen molar-refractivity contribution in [2.75, 3.05) is 29.9 Å². The molecular weight excluding hydrogens is 262 g/mol. The second kappa shape index (κ2) is 5.72.